The Morgan fingerprint density at radius 1 is 1.29 bits per heavy atom. The minimum atomic E-state index is -0.695. The number of ketones is 1. The molecule has 0 bridgehead atoms. The molecule has 1 saturated heterocycles. The highest BCUT2D eigenvalue weighted by molar-refractivity contribution is 8.00. The van der Waals surface area contributed by atoms with Crippen molar-refractivity contribution >= 4 is 35.3 Å². The molecule has 0 spiro atoms. The number of hydrogen-bond acceptors (Lipinski definition) is 6. The number of carbonyl (C=O) groups is 4. The van der Waals surface area contributed by atoms with Gasteiger partial charge in [-0.3, -0.25) is 19.3 Å². The van der Waals surface area contributed by atoms with E-state index in [9.17, 15) is 19.2 Å². The van der Waals surface area contributed by atoms with E-state index in [2.05, 4.69) is 5.32 Å². The number of carbonyl (C=O) groups excluding carboxylic acids is 4. The van der Waals surface area contributed by atoms with Crippen molar-refractivity contribution in [1.82, 2.24) is 10.2 Å². The van der Waals surface area contributed by atoms with E-state index in [0.29, 0.717) is 11.3 Å². The van der Waals surface area contributed by atoms with Gasteiger partial charge in [-0.15, -0.1) is 11.8 Å². The van der Waals surface area contributed by atoms with Crippen molar-refractivity contribution in [2.24, 2.45) is 0 Å². The lowest BCUT2D eigenvalue weighted by atomic mass is 10.0. The number of thioether (sulfide) groups is 1. The van der Waals surface area contributed by atoms with Gasteiger partial charge in [0.05, 0.1) is 13.5 Å². The first-order chi connectivity index (χ1) is 13.4. The summed E-state index contributed by atoms with van der Waals surface area (Å²) in [5.74, 6) is -1.00. The van der Waals surface area contributed by atoms with Gasteiger partial charge >= 0.3 is 5.97 Å². The summed E-state index contributed by atoms with van der Waals surface area (Å²) in [6.45, 7) is 1.40. The molecule has 0 saturated carbocycles. The largest absolute Gasteiger partial charge is 0.464 e. The molecule has 1 fully saturated rings. The van der Waals surface area contributed by atoms with E-state index in [1.165, 1.54) is 42.8 Å². The molecule has 3 rings (SSSR count). The van der Waals surface area contributed by atoms with Gasteiger partial charge in [0, 0.05) is 5.75 Å². The molecule has 146 valence electrons. The van der Waals surface area contributed by atoms with E-state index in [4.69, 9.17) is 4.74 Å². The number of methoxy groups -OCH3 is 1. The number of rotatable bonds is 6. The Hall–Kier alpha value is -2.87. The molecule has 2 heterocycles. The number of hydrogen-bond donors (Lipinski definition) is 1. The standard InChI is InChI=1S/C20H20N2O5S/c1-12(23)8-9-14-11-28-19-16(18(25)22(19)17(14)20(26)27-2)21-15(24)10-13-6-4-3-5-7-13/h3-9,16,19H,10-11H2,1-2H3,(H,21,24)/b9-8+/t16-,19-/m1/s1. The zero-order valence-corrected chi connectivity index (χ0v) is 16.3. The fourth-order valence-electron chi connectivity index (χ4n) is 3.08. The molecule has 28 heavy (non-hydrogen) atoms. The maximum Gasteiger partial charge on any atom is 0.355 e. The van der Waals surface area contributed by atoms with Crippen molar-refractivity contribution in [1.29, 1.82) is 0 Å². The smallest absolute Gasteiger partial charge is 0.355 e. The van der Waals surface area contributed by atoms with Gasteiger partial charge in [0.25, 0.3) is 5.91 Å². The number of amides is 2. The zero-order chi connectivity index (χ0) is 20.3. The van der Waals surface area contributed by atoms with E-state index in [1.54, 1.807) is 0 Å². The number of nitrogens with one attached hydrogen (secondary N) is 1. The first-order valence-electron chi connectivity index (χ1n) is 8.70. The molecule has 2 amide bonds. The van der Waals surface area contributed by atoms with Gasteiger partial charge in [0.1, 0.15) is 17.1 Å². The summed E-state index contributed by atoms with van der Waals surface area (Å²) in [4.78, 5) is 49.8. The van der Waals surface area contributed by atoms with Crippen molar-refractivity contribution in [3.05, 3.63) is 59.3 Å². The minimum Gasteiger partial charge on any atom is -0.464 e. The van der Waals surface area contributed by atoms with Crippen LogP contribution in [0.15, 0.2) is 53.8 Å². The molecule has 0 unspecified atom stereocenters. The van der Waals surface area contributed by atoms with Crippen molar-refractivity contribution in [2.45, 2.75) is 24.8 Å². The third kappa shape index (κ3) is 4.01. The number of ether oxygens (including phenoxy) is 1. The highest BCUT2D eigenvalue weighted by atomic mass is 32.2. The maximum absolute atomic E-state index is 12.7. The van der Waals surface area contributed by atoms with E-state index in [1.807, 2.05) is 30.3 Å². The van der Waals surface area contributed by atoms with E-state index in [0.717, 1.165) is 5.56 Å². The van der Waals surface area contributed by atoms with Crippen LogP contribution in [0.2, 0.25) is 0 Å². The molecule has 0 aromatic heterocycles. The van der Waals surface area contributed by atoms with Crippen LogP contribution >= 0.6 is 11.8 Å². The summed E-state index contributed by atoms with van der Waals surface area (Å²) >= 11 is 1.43. The minimum absolute atomic E-state index is 0.127. The van der Waals surface area contributed by atoms with Crippen LogP contribution in [-0.4, -0.2) is 52.7 Å². The molecule has 1 aromatic rings. The second-order valence-electron chi connectivity index (χ2n) is 6.43. The molecule has 2 aliphatic rings. The Kier molecular flexibility index (Phi) is 5.99. The van der Waals surface area contributed by atoms with Gasteiger partial charge in [0.15, 0.2) is 5.78 Å². The Morgan fingerprint density at radius 3 is 2.64 bits per heavy atom. The third-order valence-electron chi connectivity index (χ3n) is 4.42. The van der Waals surface area contributed by atoms with Crippen LogP contribution in [0.5, 0.6) is 0 Å². The van der Waals surface area contributed by atoms with Gasteiger partial charge in [-0.1, -0.05) is 36.4 Å². The number of fused-ring (bicyclic) bond motifs is 1. The lowest BCUT2D eigenvalue weighted by Gasteiger charge is -2.49. The van der Waals surface area contributed by atoms with E-state index in [-0.39, 0.29) is 35.1 Å². The van der Waals surface area contributed by atoms with Gasteiger partial charge in [-0.2, -0.15) is 0 Å². The fourth-order valence-corrected chi connectivity index (χ4v) is 4.40. The average molecular weight is 400 g/mol. The normalized spacial score (nSPS) is 21.2. The molecule has 1 aromatic carbocycles. The molecule has 8 heteroatoms. The lowest BCUT2D eigenvalue weighted by molar-refractivity contribution is -0.151. The Balaban J connectivity index is 1.75. The molecular formula is C20H20N2O5S. The average Bonchev–Trinajstić information content (AvgIpc) is 2.69. The van der Waals surface area contributed by atoms with Gasteiger partial charge < -0.3 is 10.1 Å². The van der Waals surface area contributed by atoms with Crippen molar-refractivity contribution in [2.75, 3.05) is 12.9 Å². The maximum atomic E-state index is 12.7. The predicted octanol–water partition coefficient (Wildman–Crippen LogP) is 1.20. The highest BCUT2D eigenvalue weighted by Crippen LogP contribution is 2.41. The Morgan fingerprint density at radius 2 is 2.00 bits per heavy atom. The van der Waals surface area contributed by atoms with Gasteiger partial charge in [0.2, 0.25) is 5.91 Å². The molecule has 2 atom stereocenters. The molecule has 0 aliphatic carbocycles. The SMILES string of the molecule is COC(=O)C1=C(/C=C/C(C)=O)CS[C@@H]2[C@H](NC(=O)Cc3ccccc3)C(=O)N12. The quantitative estimate of drug-likeness (QED) is 0.438. The molecule has 0 radical (unpaired) electrons. The number of allylic oxidation sites excluding steroid dienone is 2. The Labute approximate surface area is 166 Å². The highest BCUT2D eigenvalue weighted by Gasteiger charge is 2.54. The van der Waals surface area contributed by atoms with Crippen molar-refractivity contribution < 1.29 is 23.9 Å². The van der Waals surface area contributed by atoms with Crippen molar-refractivity contribution in [3.63, 3.8) is 0 Å². The summed E-state index contributed by atoms with van der Waals surface area (Å²) in [6, 6.07) is 8.55. The third-order valence-corrected chi connectivity index (χ3v) is 5.72. The number of β-lactam (4-membered cyclic amide) rings is 1. The van der Waals surface area contributed by atoms with E-state index >= 15 is 0 Å². The second kappa shape index (κ2) is 8.43. The predicted molar refractivity (Wildman–Crippen MR) is 104 cm³/mol. The molecule has 7 nitrogen and oxygen atoms in total. The van der Waals surface area contributed by atoms with Crippen LogP contribution in [0, 0.1) is 0 Å². The zero-order valence-electron chi connectivity index (χ0n) is 15.5. The van der Waals surface area contributed by atoms with Crippen LogP contribution in [0.3, 0.4) is 0 Å². The van der Waals surface area contributed by atoms with E-state index < -0.39 is 12.0 Å². The van der Waals surface area contributed by atoms with Crippen LogP contribution in [0.25, 0.3) is 0 Å². The van der Waals surface area contributed by atoms with Gasteiger partial charge in [-0.25, -0.2) is 4.79 Å². The lowest BCUT2D eigenvalue weighted by Crippen LogP contribution is -2.70. The van der Waals surface area contributed by atoms with Gasteiger partial charge in [-0.05, 0) is 24.1 Å². The monoisotopic (exact) mass is 400 g/mol. The Bertz CT molecular complexity index is 878. The fraction of sp³-hybridized carbons (Fsp3) is 0.300. The summed E-state index contributed by atoms with van der Waals surface area (Å²) in [6.07, 6.45) is 3.06. The summed E-state index contributed by atoms with van der Waals surface area (Å²) < 4.78 is 4.82. The molecule has 2 aliphatic heterocycles. The number of nitrogens with zero attached hydrogens (tertiary/aromatic N) is 1. The van der Waals surface area contributed by atoms with Crippen LogP contribution in [-0.2, 0) is 30.3 Å². The van der Waals surface area contributed by atoms with Crippen LogP contribution in [0.4, 0.5) is 0 Å². The summed E-state index contributed by atoms with van der Waals surface area (Å²) in [7, 11) is 1.24. The topological polar surface area (TPSA) is 92.8 Å². The van der Waals surface area contributed by atoms with Crippen molar-refractivity contribution in [3.8, 4) is 0 Å². The summed E-state index contributed by atoms with van der Waals surface area (Å²) in [5, 5.41) is 2.38. The van der Waals surface area contributed by atoms with Crippen LogP contribution < -0.4 is 5.32 Å². The second-order valence-corrected chi connectivity index (χ2v) is 7.53. The molecule has 1 N–H and O–H groups in total. The first kappa shape index (κ1) is 19.9. The summed E-state index contributed by atoms with van der Waals surface area (Å²) in [5.41, 5.74) is 1.53. The first-order valence-corrected chi connectivity index (χ1v) is 9.75. The van der Waals surface area contributed by atoms with Crippen LogP contribution in [0.1, 0.15) is 12.5 Å². The molecular weight excluding hydrogens is 380 g/mol. The number of benzene rings is 1. The number of esters is 1.